The first kappa shape index (κ1) is 30.7. The topological polar surface area (TPSA) is 134 Å². The van der Waals surface area contributed by atoms with E-state index in [1.807, 2.05) is 13.0 Å². The minimum Gasteiger partial charge on any atom is -0.449 e. The molecule has 11 nitrogen and oxygen atoms in total. The van der Waals surface area contributed by atoms with E-state index in [0.717, 1.165) is 5.56 Å². The number of methoxy groups -OCH3 is 1. The van der Waals surface area contributed by atoms with E-state index < -0.39 is 5.91 Å². The van der Waals surface area contributed by atoms with Gasteiger partial charge in [-0.15, -0.1) is 0 Å². The van der Waals surface area contributed by atoms with E-state index >= 15 is 0 Å². The number of benzene rings is 1. The van der Waals surface area contributed by atoms with Crippen molar-refractivity contribution in [1.29, 1.82) is 0 Å². The third kappa shape index (κ3) is 7.14. The number of carbonyl (C=O) groups is 4. The summed E-state index contributed by atoms with van der Waals surface area (Å²) in [6.45, 7) is 2.94. The van der Waals surface area contributed by atoms with Crippen molar-refractivity contribution in [1.82, 2.24) is 14.8 Å². The Morgan fingerprint density at radius 1 is 1.00 bits per heavy atom. The first-order chi connectivity index (χ1) is 20.1. The average molecular weight is 578 g/mol. The van der Waals surface area contributed by atoms with Crippen LogP contribution in [0.25, 0.3) is 11.0 Å². The number of rotatable bonds is 10. The second-order valence-corrected chi connectivity index (χ2v) is 11.0. The summed E-state index contributed by atoms with van der Waals surface area (Å²) in [5.74, 6) is -1.15. The number of ether oxygens (including phenoxy) is 1. The van der Waals surface area contributed by atoms with Crippen molar-refractivity contribution < 1.29 is 28.3 Å². The number of carbonyl (C=O) groups excluding carboxylic acids is 4. The number of amides is 4. The minimum atomic E-state index is -0.581. The molecular formula is C31H39N5O6. The molecule has 1 saturated carbocycles. The normalized spacial score (nSPS) is 16.6. The highest BCUT2D eigenvalue weighted by atomic mass is 16.5. The molecule has 2 aromatic heterocycles. The molecule has 1 fully saturated rings. The van der Waals surface area contributed by atoms with Gasteiger partial charge in [-0.05, 0) is 68.9 Å². The highest BCUT2D eigenvalue weighted by Gasteiger charge is 2.32. The van der Waals surface area contributed by atoms with Crippen molar-refractivity contribution >= 4 is 46.1 Å². The number of furan rings is 1. The van der Waals surface area contributed by atoms with Gasteiger partial charge in [-0.2, -0.15) is 0 Å². The van der Waals surface area contributed by atoms with Crippen molar-refractivity contribution in [3.8, 4) is 0 Å². The van der Waals surface area contributed by atoms with E-state index in [2.05, 4.69) is 15.6 Å². The second kappa shape index (κ2) is 13.6. The Hall–Kier alpha value is -4.25. The molecular weight excluding hydrogens is 538 g/mol. The van der Waals surface area contributed by atoms with Gasteiger partial charge >= 0.3 is 0 Å². The highest BCUT2D eigenvalue weighted by molar-refractivity contribution is 6.15. The fraction of sp³-hybridized carbons (Fsp3) is 0.452. The minimum absolute atomic E-state index is 0.0720. The number of hydrogen-bond donors (Lipinski definition) is 2. The smallest absolute Gasteiger partial charge is 0.294 e. The molecule has 0 atom stereocenters. The number of fused-ring (bicyclic) bond motifs is 1. The number of aromatic nitrogens is 1. The Balaban J connectivity index is 1.62. The van der Waals surface area contributed by atoms with E-state index in [-0.39, 0.29) is 41.0 Å². The van der Waals surface area contributed by atoms with Gasteiger partial charge in [-0.25, -0.2) is 4.98 Å². The Labute approximate surface area is 245 Å². The van der Waals surface area contributed by atoms with Crippen LogP contribution in [0.3, 0.4) is 0 Å². The van der Waals surface area contributed by atoms with Crippen LogP contribution in [0, 0.1) is 18.8 Å². The van der Waals surface area contributed by atoms with E-state index in [4.69, 9.17) is 9.15 Å². The van der Waals surface area contributed by atoms with Gasteiger partial charge in [-0.1, -0.05) is 6.07 Å². The van der Waals surface area contributed by atoms with E-state index in [0.29, 0.717) is 67.6 Å². The van der Waals surface area contributed by atoms with Crippen LogP contribution in [0.5, 0.6) is 0 Å². The van der Waals surface area contributed by atoms with Crippen LogP contribution in [0.1, 0.15) is 58.6 Å². The van der Waals surface area contributed by atoms with E-state index in [9.17, 15) is 19.2 Å². The van der Waals surface area contributed by atoms with Crippen LogP contribution in [-0.2, 0) is 14.3 Å². The van der Waals surface area contributed by atoms with Crippen LogP contribution in [0.4, 0.5) is 11.5 Å². The Kier molecular flexibility index (Phi) is 9.95. The zero-order valence-electron chi connectivity index (χ0n) is 24.9. The SMILES string of the molecule is COCCCN(C)C(=O)c1ccc2oc(C(=O)Nc3ccc(C)cn3)c(NC(=O)C3CCC(C(=O)N(C)C)CC3)c2c1. The maximum absolute atomic E-state index is 13.5. The summed E-state index contributed by atoms with van der Waals surface area (Å²) in [6.07, 6.45) is 4.65. The molecule has 4 amide bonds. The summed E-state index contributed by atoms with van der Waals surface area (Å²) in [4.78, 5) is 59.8. The zero-order chi connectivity index (χ0) is 30.4. The standard InChI is InChI=1S/C31H39N5O6/c1-19-7-14-25(32-18-19)33-29(38)27-26(34-28(37)20-8-10-21(11-9-20)30(39)35(2)3)23-17-22(12-13-24(23)42-27)31(40)36(4)15-6-16-41-5/h7,12-14,17-18,20-21H,6,8-11,15-16H2,1-5H3,(H,34,37)(H,32,33,38). The van der Waals surface area contributed by atoms with Gasteiger partial charge in [-0.3, -0.25) is 19.2 Å². The number of hydrogen-bond acceptors (Lipinski definition) is 7. The molecule has 11 heteroatoms. The predicted molar refractivity (Wildman–Crippen MR) is 159 cm³/mol. The third-order valence-electron chi connectivity index (χ3n) is 7.62. The highest BCUT2D eigenvalue weighted by Crippen LogP contribution is 2.35. The Morgan fingerprint density at radius 2 is 1.71 bits per heavy atom. The summed E-state index contributed by atoms with van der Waals surface area (Å²) in [7, 11) is 6.80. The monoisotopic (exact) mass is 577 g/mol. The molecule has 2 N–H and O–H groups in total. The molecule has 42 heavy (non-hydrogen) atoms. The van der Waals surface area contributed by atoms with Gasteiger partial charge in [0.25, 0.3) is 11.8 Å². The van der Waals surface area contributed by atoms with Crippen molar-refractivity contribution in [2.24, 2.45) is 11.8 Å². The van der Waals surface area contributed by atoms with E-state index in [1.54, 1.807) is 68.5 Å². The average Bonchev–Trinajstić information content (AvgIpc) is 3.35. The second-order valence-electron chi connectivity index (χ2n) is 11.0. The van der Waals surface area contributed by atoms with Crippen molar-refractivity contribution in [3.63, 3.8) is 0 Å². The van der Waals surface area contributed by atoms with Gasteiger partial charge in [0.05, 0.1) is 0 Å². The molecule has 0 saturated heterocycles. The fourth-order valence-electron chi connectivity index (χ4n) is 5.19. The fourth-order valence-corrected chi connectivity index (χ4v) is 5.19. The van der Waals surface area contributed by atoms with E-state index in [1.165, 1.54) is 0 Å². The number of nitrogens with zero attached hydrogens (tertiary/aromatic N) is 3. The molecule has 3 aromatic rings. The molecule has 1 aliphatic rings. The van der Waals surface area contributed by atoms with Crippen molar-refractivity contribution in [2.45, 2.75) is 39.0 Å². The van der Waals surface area contributed by atoms with Gasteiger partial charge < -0.3 is 29.6 Å². The number of nitrogens with one attached hydrogen (secondary N) is 2. The lowest BCUT2D eigenvalue weighted by Crippen LogP contribution is -2.35. The van der Waals surface area contributed by atoms with Gasteiger partial charge in [0.15, 0.2) is 0 Å². The van der Waals surface area contributed by atoms with Gasteiger partial charge in [0, 0.05) is 70.4 Å². The first-order valence-electron chi connectivity index (χ1n) is 14.2. The zero-order valence-corrected chi connectivity index (χ0v) is 24.9. The lowest BCUT2D eigenvalue weighted by atomic mass is 9.81. The Morgan fingerprint density at radius 3 is 2.36 bits per heavy atom. The summed E-state index contributed by atoms with van der Waals surface area (Å²) in [6, 6.07) is 8.40. The lowest BCUT2D eigenvalue weighted by Gasteiger charge is -2.28. The molecule has 1 aliphatic carbocycles. The quantitative estimate of drug-likeness (QED) is 0.343. The summed E-state index contributed by atoms with van der Waals surface area (Å²) in [5.41, 5.74) is 1.89. The largest absolute Gasteiger partial charge is 0.449 e. The number of pyridine rings is 1. The lowest BCUT2D eigenvalue weighted by molar-refractivity contribution is -0.135. The number of aryl methyl sites for hydroxylation is 1. The first-order valence-corrected chi connectivity index (χ1v) is 14.2. The summed E-state index contributed by atoms with van der Waals surface area (Å²) in [5, 5.41) is 6.10. The number of anilines is 2. The molecule has 0 aliphatic heterocycles. The van der Waals surface area contributed by atoms with Crippen LogP contribution in [0.15, 0.2) is 40.9 Å². The van der Waals surface area contributed by atoms with Gasteiger partial charge in [0.1, 0.15) is 17.1 Å². The molecule has 0 bridgehead atoms. The molecule has 0 spiro atoms. The molecule has 1 aromatic carbocycles. The van der Waals surface area contributed by atoms with Crippen LogP contribution < -0.4 is 10.6 Å². The maximum Gasteiger partial charge on any atom is 0.294 e. The Bertz CT molecular complexity index is 1440. The van der Waals surface area contributed by atoms with Crippen molar-refractivity contribution in [2.75, 3.05) is 52.0 Å². The van der Waals surface area contributed by atoms with Crippen LogP contribution in [-0.4, -0.2) is 79.8 Å². The molecule has 2 heterocycles. The van der Waals surface area contributed by atoms with Crippen LogP contribution >= 0.6 is 0 Å². The summed E-state index contributed by atoms with van der Waals surface area (Å²) >= 11 is 0. The molecule has 224 valence electrons. The van der Waals surface area contributed by atoms with Crippen molar-refractivity contribution in [3.05, 3.63) is 53.4 Å². The van der Waals surface area contributed by atoms with Gasteiger partial charge in [0.2, 0.25) is 17.6 Å². The predicted octanol–water partition coefficient (Wildman–Crippen LogP) is 4.33. The maximum atomic E-state index is 13.5. The summed E-state index contributed by atoms with van der Waals surface area (Å²) < 4.78 is 11.0. The third-order valence-corrected chi connectivity index (χ3v) is 7.62. The molecule has 0 unspecified atom stereocenters. The van der Waals surface area contributed by atoms with Crippen LogP contribution in [0.2, 0.25) is 0 Å². The molecule has 4 rings (SSSR count). The molecule has 0 radical (unpaired) electrons.